The van der Waals surface area contributed by atoms with Crippen LogP contribution >= 0.6 is 11.3 Å². The third kappa shape index (κ3) is 3.89. The topological polar surface area (TPSA) is 59.1 Å². The molecule has 0 bridgehead atoms. The molecule has 0 spiro atoms. The van der Waals surface area contributed by atoms with E-state index < -0.39 is 10.0 Å². The monoisotopic (exact) mass is 248 g/mol. The van der Waals surface area contributed by atoms with Crippen LogP contribution in [0.15, 0.2) is 0 Å². The molecule has 1 N–H and O–H groups in total. The van der Waals surface area contributed by atoms with E-state index in [1.54, 1.807) is 0 Å². The highest BCUT2D eigenvalue weighted by Crippen LogP contribution is 2.16. The molecule has 1 aromatic heterocycles. The molecule has 0 saturated carbocycles. The molecule has 1 rings (SSSR count). The van der Waals surface area contributed by atoms with Gasteiger partial charge in [-0.3, -0.25) is 0 Å². The minimum Gasteiger partial charge on any atom is -0.247 e. The molecule has 86 valence electrons. The standard InChI is InChI=1S/C9H16N2O2S2/c1-4-5-15(12,13)10-6-9-7(2)11-8(3)14-9/h10H,4-6H2,1-3H3. The van der Waals surface area contributed by atoms with Crippen LogP contribution in [0.3, 0.4) is 0 Å². The Morgan fingerprint density at radius 1 is 1.40 bits per heavy atom. The Balaban J connectivity index is 2.61. The third-order valence-corrected chi connectivity index (χ3v) is 4.53. The van der Waals surface area contributed by atoms with Gasteiger partial charge in [-0.05, 0) is 20.3 Å². The number of thiazole rings is 1. The van der Waals surface area contributed by atoms with E-state index >= 15 is 0 Å². The van der Waals surface area contributed by atoms with E-state index in [4.69, 9.17) is 0 Å². The van der Waals surface area contributed by atoms with Gasteiger partial charge in [0.15, 0.2) is 0 Å². The molecule has 0 saturated heterocycles. The number of sulfonamides is 1. The van der Waals surface area contributed by atoms with Crippen LogP contribution in [0.1, 0.15) is 28.9 Å². The van der Waals surface area contributed by atoms with Crippen LogP contribution in [0.25, 0.3) is 0 Å². The summed E-state index contributed by atoms with van der Waals surface area (Å²) < 4.78 is 25.4. The molecule has 15 heavy (non-hydrogen) atoms. The van der Waals surface area contributed by atoms with Gasteiger partial charge in [0.2, 0.25) is 10.0 Å². The van der Waals surface area contributed by atoms with Gasteiger partial charge >= 0.3 is 0 Å². The minimum absolute atomic E-state index is 0.184. The van der Waals surface area contributed by atoms with Gasteiger partial charge in [0, 0.05) is 11.4 Å². The van der Waals surface area contributed by atoms with Gasteiger partial charge in [-0.15, -0.1) is 11.3 Å². The molecule has 0 fully saturated rings. The summed E-state index contributed by atoms with van der Waals surface area (Å²) in [6.45, 7) is 6.02. The van der Waals surface area contributed by atoms with Crippen molar-refractivity contribution in [3.8, 4) is 0 Å². The lowest BCUT2D eigenvalue weighted by molar-refractivity contribution is 0.580. The lowest BCUT2D eigenvalue weighted by atomic mass is 10.4. The summed E-state index contributed by atoms with van der Waals surface area (Å²) in [4.78, 5) is 5.23. The number of aromatic nitrogens is 1. The molecule has 0 aromatic carbocycles. The smallest absolute Gasteiger partial charge is 0.211 e. The van der Waals surface area contributed by atoms with Crippen molar-refractivity contribution in [2.24, 2.45) is 0 Å². The Labute approximate surface area is 94.8 Å². The minimum atomic E-state index is -3.11. The zero-order valence-corrected chi connectivity index (χ0v) is 10.8. The number of nitrogens with one attached hydrogen (secondary N) is 1. The first-order chi connectivity index (χ1) is 6.94. The second kappa shape index (κ2) is 5.05. The van der Waals surface area contributed by atoms with E-state index in [-0.39, 0.29) is 5.75 Å². The maximum Gasteiger partial charge on any atom is 0.211 e. The van der Waals surface area contributed by atoms with Gasteiger partial charge < -0.3 is 0 Å². The summed E-state index contributed by atoms with van der Waals surface area (Å²) in [6.07, 6.45) is 0.635. The normalized spacial score (nSPS) is 11.9. The van der Waals surface area contributed by atoms with Crippen LogP contribution in [0, 0.1) is 13.8 Å². The molecule has 1 heterocycles. The first kappa shape index (κ1) is 12.6. The fourth-order valence-corrected chi connectivity index (χ4v) is 3.27. The molecule has 0 aliphatic rings. The molecular formula is C9H16N2O2S2. The Bertz CT molecular complexity index is 423. The quantitative estimate of drug-likeness (QED) is 0.861. The SMILES string of the molecule is CCCS(=O)(=O)NCc1sc(C)nc1C. The zero-order chi connectivity index (χ0) is 11.5. The third-order valence-electron chi connectivity index (χ3n) is 1.93. The van der Waals surface area contributed by atoms with Crippen molar-refractivity contribution >= 4 is 21.4 Å². The fourth-order valence-electron chi connectivity index (χ4n) is 1.25. The second-order valence-corrected chi connectivity index (χ2v) is 6.60. The second-order valence-electron chi connectivity index (χ2n) is 3.38. The fraction of sp³-hybridized carbons (Fsp3) is 0.667. The van der Waals surface area contributed by atoms with Gasteiger partial charge in [0.05, 0.1) is 16.5 Å². The molecule has 0 radical (unpaired) electrons. The zero-order valence-electron chi connectivity index (χ0n) is 9.20. The molecule has 1 aromatic rings. The molecule has 0 atom stereocenters. The summed E-state index contributed by atoms with van der Waals surface area (Å²) >= 11 is 1.54. The molecule has 0 unspecified atom stereocenters. The number of hydrogen-bond acceptors (Lipinski definition) is 4. The number of nitrogens with zero attached hydrogens (tertiary/aromatic N) is 1. The Hall–Kier alpha value is -0.460. The molecule has 0 aliphatic carbocycles. The van der Waals surface area contributed by atoms with Crippen LogP contribution in [-0.2, 0) is 16.6 Å². The van der Waals surface area contributed by atoms with E-state index in [0.29, 0.717) is 13.0 Å². The van der Waals surface area contributed by atoms with Gasteiger partial charge in [-0.25, -0.2) is 18.1 Å². The number of hydrogen-bond donors (Lipinski definition) is 1. The predicted octanol–water partition coefficient (Wildman–Crippen LogP) is 1.59. The number of aryl methyl sites for hydroxylation is 2. The van der Waals surface area contributed by atoms with Crippen LogP contribution < -0.4 is 4.72 Å². The van der Waals surface area contributed by atoms with Crippen LogP contribution in [0.4, 0.5) is 0 Å². The van der Waals surface area contributed by atoms with Crippen molar-refractivity contribution in [1.29, 1.82) is 0 Å². The van der Waals surface area contributed by atoms with E-state index in [2.05, 4.69) is 9.71 Å². The van der Waals surface area contributed by atoms with E-state index in [1.165, 1.54) is 11.3 Å². The van der Waals surface area contributed by atoms with E-state index in [0.717, 1.165) is 15.6 Å². The first-order valence-electron chi connectivity index (χ1n) is 4.85. The largest absolute Gasteiger partial charge is 0.247 e. The highest BCUT2D eigenvalue weighted by Gasteiger charge is 2.10. The Morgan fingerprint density at radius 2 is 2.07 bits per heavy atom. The molecule has 0 aliphatic heterocycles. The van der Waals surface area contributed by atoms with Crippen molar-refractivity contribution in [2.75, 3.05) is 5.75 Å². The van der Waals surface area contributed by atoms with Crippen LogP contribution in [-0.4, -0.2) is 19.2 Å². The van der Waals surface area contributed by atoms with Crippen molar-refractivity contribution < 1.29 is 8.42 Å². The molecule has 4 nitrogen and oxygen atoms in total. The Kier molecular flexibility index (Phi) is 4.24. The lowest BCUT2D eigenvalue weighted by Crippen LogP contribution is -2.25. The summed E-state index contributed by atoms with van der Waals surface area (Å²) in [5, 5.41) is 0.970. The summed E-state index contributed by atoms with van der Waals surface area (Å²) in [6, 6.07) is 0. The molecule has 0 amide bonds. The maximum absolute atomic E-state index is 11.4. The average molecular weight is 248 g/mol. The van der Waals surface area contributed by atoms with Gasteiger partial charge in [-0.2, -0.15) is 0 Å². The van der Waals surface area contributed by atoms with Crippen molar-refractivity contribution in [1.82, 2.24) is 9.71 Å². The summed E-state index contributed by atoms with van der Waals surface area (Å²) in [5.41, 5.74) is 0.914. The first-order valence-corrected chi connectivity index (χ1v) is 7.31. The predicted molar refractivity (Wildman–Crippen MR) is 62.5 cm³/mol. The van der Waals surface area contributed by atoms with Gasteiger partial charge in [0.1, 0.15) is 0 Å². The van der Waals surface area contributed by atoms with E-state index in [9.17, 15) is 8.42 Å². The highest BCUT2D eigenvalue weighted by atomic mass is 32.2. The molecular weight excluding hydrogens is 232 g/mol. The van der Waals surface area contributed by atoms with Crippen molar-refractivity contribution in [2.45, 2.75) is 33.7 Å². The highest BCUT2D eigenvalue weighted by molar-refractivity contribution is 7.89. The average Bonchev–Trinajstić information content (AvgIpc) is 2.42. The van der Waals surface area contributed by atoms with Crippen LogP contribution in [0.2, 0.25) is 0 Å². The van der Waals surface area contributed by atoms with Crippen molar-refractivity contribution in [3.63, 3.8) is 0 Å². The summed E-state index contributed by atoms with van der Waals surface area (Å²) in [7, 11) is -3.11. The summed E-state index contributed by atoms with van der Waals surface area (Å²) in [5.74, 6) is 0.184. The van der Waals surface area contributed by atoms with Crippen LogP contribution in [0.5, 0.6) is 0 Å². The maximum atomic E-state index is 11.4. The lowest BCUT2D eigenvalue weighted by Gasteiger charge is -2.03. The van der Waals surface area contributed by atoms with Gasteiger partial charge in [0.25, 0.3) is 0 Å². The van der Waals surface area contributed by atoms with Gasteiger partial charge in [-0.1, -0.05) is 6.92 Å². The number of rotatable bonds is 5. The Morgan fingerprint density at radius 3 is 2.53 bits per heavy atom. The van der Waals surface area contributed by atoms with Crippen molar-refractivity contribution in [3.05, 3.63) is 15.6 Å². The molecule has 6 heteroatoms. The van der Waals surface area contributed by atoms with E-state index in [1.807, 2.05) is 20.8 Å².